The molecule has 0 saturated carbocycles. The van der Waals surface area contributed by atoms with Gasteiger partial charge >= 0.3 is 0 Å². The topological polar surface area (TPSA) is 103 Å². The second kappa shape index (κ2) is 8.45. The number of carbonyl (C=O) groups is 2. The number of amides is 1. The molecule has 3 aromatic rings. The first-order chi connectivity index (χ1) is 13.3. The first-order valence-electron chi connectivity index (χ1n) is 8.40. The number of hydrogen-bond acceptors (Lipinski definition) is 6. The van der Waals surface area contributed by atoms with E-state index in [0.717, 1.165) is 5.56 Å². The summed E-state index contributed by atoms with van der Waals surface area (Å²) in [4.78, 5) is 24.0. The van der Waals surface area contributed by atoms with Crippen LogP contribution in [-0.2, 0) is 4.79 Å². The number of nitrogens with zero attached hydrogens (tertiary/aromatic N) is 3. The molecule has 1 atom stereocenters. The van der Waals surface area contributed by atoms with Crippen molar-refractivity contribution in [2.24, 2.45) is 0 Å². The summed E-state index contributed by atoms with van der Waals surface area (Å²) in [7, 11) is 0. The number of hydrogen-bond donors (Lipinski definition) is 2. The minimum Gasteiger partial charge on any atom is -0.335 e. The Morgan fingerprint density at radius 3 is 2.64 bits per heavy atom. The van der Waals surface area contributed by atoms with Gasteiger partial charge in [-0.3, -0.25) is 9.59 Å². The van der Waals surface area contributed by atoms with Gasteiger partial charge in [0.25, 0.3) is 0 Å². The van der Waals surface area contributed by atoms with Crippen molar-refractivity contribution >= 4 is 40.7 Å². The van der Waals surface area contributed by atoms with E-state index >= 15 is 0 Å². The third-order valence-corrected chi connectivity index (χ3v) is 5.23. The van der Waals surface area contributed by atoms with Gasteiger partial charge in [-0.2, -0.15) is 0 Å². The standard InChI is InChI=1S/C19H18ClN5O2S/c1-11(26)13-5-4-8-16(10-13)22-18(27)12(2)28-19-24-23-17(25(19)21)14-6-3-7-15(20)9-14/h3-10,12H,21H2,1-2H3,(H,22,27)/t12-/m0/s1. The molecular formula is C19H18ClN5O2S. The number of nitrogens with one attached hydrogen (secondary N) is 1. The van der Waals surface area contributed by atoms with Crippen molar-refractivity contribution in [2.45, 2.75) is 24.3 Å². The van der Waals surface area contributed by atoms with Gasteiger partial charge in [-0.05, 0) is 38.1 Å². The van der Waals surface area contributed by atoms with E-state index in [-0.39, 0.29) is 11.7 Å². The summed E-state index contributed by atoms with van der Waals surface area (Å²) < 4.78 is 1.33. The molecule has 0 aliphatic heterocycles. The number of aromatic nitrogens is 3. The summed E-state index contributed by atoms with van der Waals surface area (Å²) in [5.41, 5.74) is 1.82. The zero-order chi connectivity index (χ0) is 20.3. The van der Waals surface area contributed by atoms with Crippen LogP contribution in [-0.4, -0.2) is 31.8 Å². The van der Waals surface area contributed by atoms with Crippen molar-refractivity contribution in [2.75, 3.05) is 11.2 Å². The van der Waals surface area contributed by atoms with Crippen LogP contribution in [0, 0.1) is 0 Å². The van der Waals surface area contributed by atoms with E-state index in [0.29, 0.717) is 27.3 Å². The van der Waals surface area contributed by atoms with Gasteiger partial charge < -0.3 is 11.2 Å². The molecule has 3 rings (SSSR count). The Kier molecular flexibility index (Phi) is 6.01. The van der Waals surface area contributed by atoms with Gasteiger partial charge in [0.2, 0.25) is 11.1 Å². The Bertz CT molecular complexity index is 1040. The third-order valence-electron chi connectivity index (χ3n) is 3.94. The Hall–Kier alpha value is -2.84. The third kappa shape index (κ3) is 4.52. The number of thioether (sulfide) groups is 1. The van der Waals surface area contributed by atoms with Crippen molar-refractivity contribution in [3.8, 4) is 11.4 Å². The van der Waals surface area contributed by atoms with Crippen molar-refractivity contribution in [3.05, 3.63) is 59.1 Å². The molecule has 0 radical (unpaired) electrons. The van der Waals surface area contributed by atoms with E-state index in [9.17, 15) is 9.59 Å². The lowest BCUT2D eigenvalue weighted by atomic mass is 10.1. The average molecular weight is 416 g/mol. The highest BCUT2D eigenvalue weighted by atomic mass is 35.5. The highest BCUT2D eigenvalue weighted by Gasteiger charge is 2.20. The summed E-state index contributed by atoms with van der Waals surface area (Å²) >= 11 is 7.19. The van der Waals surface area contributed by atoms with Gasteiger partial charge in [-0.15, -0.1) is 10.2 Å². The van der Waals surface area contributed by atoms with E-state index in [1.54, 1.807) is 49.4 Å². The molecule has 0 aliphatic rings. The van der Waals surface area contributed by atoms with Crippen LogP contribution >= 0.6 is 23.4 Å². The summed E-state index contributed by atoms with van der Waals surface area (Å²) in [5, 5.41) is 11.4. The van der Waals surface area contributed by atoms with E-state index in [4.69, 9.17) is 17.4 Å². The smallest absolute Gasteiger partial charge is 0.237 e. The molecule has 0 aliphatic carbocycles. The molecule has 1 aromatic heterocycles. The number of Topliss-reactive ketones (excluding diaryl/α,β-unsaturated/α-hetero) is 1. The highest BCUT2D eigenvalue weighted by Crippen LogP contribution is 2.26. The molecule has 0 unspecified atom stereocenters. The highest BCUT2D eigenvalue weighted by molar-refractivity contribution is 8.00. The predicted molar refractivity (Wildman–Crippen MR) is 111 cm³/mol. The van der Waals surface area contributed by atoms with Gasteiger partial charge in [0.1, 0.15) is 0 Å². The zero-order valence-corrected chi connectivity index (χ0v) is 16.8. The Morgan fingerprint density at radius 1 is 1.18 bits per heavy atom. The molecule has 28 heavy (non-hydrogen) atoms. The Balaban J connectivity index is 1.71. The molecule has 7 nitrogen and oxygen atoms in total. The Labute approximate surface area is 171 Å². The van der Waals surface area contributed by atoms with Gasteiger partial charge in [0, 0.05) is 21.8 Å². The van der Waals surface area contributed by atoms with Gasteiger partial charge in [-0.25, -0.2) is 4.68 Å². The van der Waals surface area contributed by atoms with Gasteiger partial charge in [-0.1, -0.05) is 47.6 Å². The van der Waals surface area contributed by atoms with Crippen LogP contribution in [0.3, 0.4) is 0 Å². The number of nitrogen functional groups attached to an aromatic ring is 1. The second-order valence-electron chi connectivity index (χ2n) is 6.07. The number of ketones is 1. The zero-order valence-electron chi connectivity index (χ0n) is 15.2. The molecule has 2 aromatic carbocycles. The van der Waals surface area contributed by atoms with E-state index in [2.05, 4.69) is 15.5 Å². The largest absolute Gasteiger partial charge is 0.335 e. The molecule has 9 heteroatoms. The molecule has 1 amide bonds. The van der Waals surface area contributed by atoms with E-state index < -0.39 is 5.25 Å². The van der Waals surface area contributed by atoms with Crippen LogP contribution < -0.4 is 11.2 Å². The number of anilines is 1. The van der Waals surface area contributed by atoms with Crippen LogP contribution in [0.5, 0.6) is 0 Å². The number of benzene rings is 2. The van der Waals surface area contributed by atoms with Crippen molar-refractivity contribution in [1.82, 2.24) is 14.9 Å². The van der Waals surface area contributed by atoms with Crippen LogP contribution in [0.2, 0.25) is 5.02 Å². The lowest BCUT2D eigenvalue weighted by Gasteiger charge is -2.12. The molecular weight excluding hydrogens is 398 g/mol. The molecule has 0 bridgehead atoms. The number of carbonyl (C=O) groups excluding carboxylic acids is 2. The van der Waals surface area contributed by atoms with Crippen LogP contribution in [0.25, 0.3) is 11.4 Å². The maximum absolute atomic E-state index is 12.5. The SMILES string of the molecule is CC(=O)c1cccc(NC(=O)[C@H](C)Sc2nnc(-c3cccc(Cl)c3)n2N)c1. The number of rotatable bonds is 6. The normalized spacial score (nSPS) is 11.8. The van der Waals surface area contributed by atoms with Gasteiger partial charge in [0.15, 0.2) is 11.6 Å². The van der Waals surface area contributed by atoms with Crippen LogP contribution in [0.4, 0.5) is 5.69 Å². The lowest BCUT2D eigenvalue weighted by Crippen LogP contribution is -2.23. The molecule has 0 spiro atoms. The Morgan fingerprint density at radius 2 is 1.93 bits per heavy atom. The first-order valence-corrected chi connectivity index (χ1v) is 9.66. The first kappa shape index (κ1) is 19.9. The lowest BCUT2D eigenvalue weighted by molar-refractivity contribution is -0.115. The molecule has 3 N–H and O–H groups in total. The summed E-state index contributed by atoms with van der Waals surface area (Å²) in [6.45, 7) is 3.22. The summed E-state index contributed by atoms with van der Waals surface area (Å²) in [6, 6.07) is 13.9. The summed E-state index contributed by atoms with van der Waals surface area (Å²) in [6.07, 6.45) is 0. The average Bonchev–Trinajstić information content (AvgIpc) is 3.02. The fourth-order valence-electron chi connectivity index (χ4n) is 2.45. The van der Waals surface area contributed by atoms with Crippen molar-refractivity contribution in [1.29, 1.82) is 0 Å². The number of nitrogens with two attached hydrogens (primary N) is 1. The minimum absolute atomic E-state index is 0.0664. The second-order valence-corrected chi connectivity index (χ2v) is 7.82. The van der Waals surface area contributed by atoms with E-state index in [1.165, 1.54) is 23.4 Å². The predicted octanol–water partition coefficient (Wildman–Crippen LogP) is 3.63. The molecule has 0 fully saturated rings. The fourth-order valence-corrected chi connectivity index (χ4v) is 3.41. The van der Waals surface area contributed by atoms with E-state index in [1.807, 2.05) is 6.07 Å². The maximum atomic E-state index is 12.5. The minimum atomic E-state index is -0.486. The molecule has 0 saturated heterocycles. The monoisotopic (exact) mass is 415 g/mol. The van der Waals surface area contributed by atoms with Crippen LogP contribution in [0.1, 0.15) is 24.2 Å². The van der Waals surface area contributed by atoms with Crippen LogP contribution in [0.15, 0.2) is 53.7 Å². The molecule has 1 heterocycles. The summed E-state index contributed by atoms with van der Waals surface area (Å²) in [5.74, 6) is 6.24. The maximum Gasteiger partial charge on any atom is 0.237 e. The number of halogens is 1. The van der Waals surface area contributed by atoms with Gasteiger partial charge in [0.05, 0.1) is 5.25 Å². The van der Waals surface area contributed by atoms with Crippen molar-refractivity contribution < 1.29 is 9.59 Å². The van der Waals surface area contributed by atoms with Crippen molar-refractivity contribution in [3.63, 3.8) is 0 Å². The fraction of sp³-hybridized carbons (Fsp3) is 0.158. The quantitative estimate of drug-likeness (QED) is 0.362. The molecule has 144 valence electrons.